The third-order valence-electron chi connectivity index (χ3n) is 4.19. The normalized spacial score (nSPS) is 13.6. The van der Waals surface area contributed by atoms with Crippen molar-refractivity contribution in [1.29, 1.82) is 0 Å². The van der Waals surface area contributed by atoms with Gasteiger partial charge in [0.2, 0.25) is 0 Å². The Balaban J connectivity index is 2.09. The fraction of sp³-hybridized carbons (Fsp3) is 0.222. The van der Waals surface area contributed by atoms with E-state index >= 15 is 0 Å². The number of carbonyl (C=O) groups excluding carboxylic acids is 1. The standard InChI is InChI=1S/C18H7F10NO2/c19-10-5-6-12-9(7-8-3-1-2-4-11(8)29-12)13(10)14(30)31-18(27,28)16(22,23)15(20,21)17(24,25)26/h1-7H. The number of rotatable bonds is 4. The topological polar surface area (TPSA) is 39.2 Å². The van der Waals surface area contributed by atoms with Crippen molar-refractivity contribution in [2.45, 2.75) is 24.1 Å². The number of nitrogens with zero attached hydrogens (tertiary/aromatic N) is 1. The zero-order chi connectivity index (χ0) is 23.4. The lowest BCUT2D eigenvalue weighted by Gasteiger charge is -2.32. The number of halogens is 10. The molecule has 0 bridgehead atoms. The highest BCUT2D eigenvalue weighted by Gasteiger charge is 2.84. The van der Waals surface area contributed by atoms with Crippen molar-refractivity contribution >= 4 is 27.8 Å². The first kappa shape index (κ1) is 22.6. The Morgan fingerprint density at radius 2 is 1.42 bits per heavy atom. The molecule has 0 N–H and O–H groups in total. The molecule has 0 fully saturated rings. The van der Waals surface area contributed by atoms with Crippen LogP contribution in [0.2, 0.25) is 0 Å². The molecule has 0 atom stereocenters. The van der Waals surface area contributed by atoms with Gasteiger partial charge in [-0.25, -0.2) is 14.2 Å². The summed E-state index contributed by atoms with van der Waals surface area (Å²) < 4.78 is 134. The van der Waals surface area contributed by atoms with E-state index in [2.05, 4.69) is 9.72 Å². The summed E-state index contributed by atoms with van der Waals surface area (Å²) in [5.41, 5.74) is -1.29. The van der Waals surface area contributed by atoms with Gasteiger partial charge in [0.15, 0.2) is 0 Å². The van der Waals surface area contributed by atoms with E-state index in [4.69, 9.17) is 0 Å². The Bertz CT molecular complexity index is 1170. The van der Waals surface area contributed by atoms with Crippen LogP contribution in [0.15, 0.2) is 42.5 Å². The lowest BCUT2D eigenvalue weighted by atomic mass is 10.0. The monoisotopic (exact) mass is 459 g/mol. The van der Waals surface area contributed by atoms with Gasteiger partial charge in [-0.15, -0.1) is 0 Å². The summed E-state index contributed by atoms with van der Waals surface area (Å²) in [6.07, 6.45) is -13.7. The number of para-hydroxylation sites is 1. The van der Waals surface area contributed by atoms with E-state index in [1.165, 1.54) is 18.2 Å². The van der Waals surface area contributed by atoms with Crippen molar-refractivity contribution in [3.8, 4) is 0 Å². The largest absolute Gasteiger partial charge is 0.473 e. The van der Waals surface area contributed by atoms with Crippen molar-refractivity contribution in [3.05, 3.63) is 53.8 Å². The van der Waals surface area contributed by atoms with E-state index in [0.717, 1.165) is 12.1 Å². The molecular formula is C18H7F10NO2. The average Bonchev–Trinajstić information content (AvgIpc) is 2.64. The minimum atomic E-state index is -7.27. The molecule has 0 amide bonds. The Morgan fingerprint density at radius 3 is 2.03 bits per heavy atom. The molecule has 166 valence electrons. The van der Waals surface area contributed by atoms with E-state index in [-0.39, 0.29) is 10.9 Å². The highest BCUT2D eigenvalue weighted by molar-refractivity contribution is 6.06. The number of fused-ring (bicyclic) bond motifs is 2. The van der Waals surface area contributed by atoms with Crippen molar-refractivity contribution in [3.63, 3.8) is 0 Å². The maximum atomic E-state index is 14.2. The van der Waals surface area contributed by atoms with Crippen LogP contribution in [0.5, 0.6) is 0 Å². The molecule has 1 aromatic heterocycles. The van der Waals surface area contributed by atoms with Crippen LogP contribution < -0.4 is 0 Å². The first-order chi connectivity index (χ1) is 14.1. The lowest BCUT2D eigenvalue weighted by Crippen LogP contribution is -2.62. The van der Waals surface area contributed by atoms with Crippen LogP contribution in [0, 0.1) is 5.82 Å². The molecule has 2 aromatic carbocycles. The number of pyridine rings is 1. The van der Waals surface area contributed by atoms with E-state index in [1.807, 2.05) is 0 Å². The number of ether oxygens (including phenoxy) is 1. The molecule has 0 unspecified atom stereocenters. The van der Waals surface area contributed by atoms with Crippen molar-refractivity contribution < 1.29 is 53.4 Å². The third-order valence-corrected chi connectivity index (χ3v) is 4.19. The second-order valence-electron chi connectivity index (χ2n) is 6.22. The molecule has 31 heavy (non-hydrogen) atoms. The number of carbonyl (C=O) groups is 1. The summed E-state index contributed by atoms with van der Waals surface area (Å²) in [4.78, 5) is 16.0. The van der Waals surface area contributed by atoms with Gasteiger partial charge in [-0.1, -0.05) is 18.2 Å². The summed E-state index contributed by atoms with van der Waals surface area (Å²) in [6.45, 7) is 0. The first-order valence-corrected chi connectivity index (χ1v) is 8.01. The van der Waals surface area contributed by atoms with Crippen LogP contribution in [-0.2, 0) is 4.74 Å². The highest BCUT2D eigenvalue weighted by atomic mass is 19.4. The molecule has 0 radical (unpaired) electrons. The van der Waals surface area contributed by atoms with Gasteiger partial charge in [0.25, 0.3) is 0 Å². The predicted octanol–water partition coefficient (Wildman–Crippen LogP) is 6.11. The summed E-state index contributed by atoms with van der Waals surface area (Å²) in [5.74, 6) is -18.6. The van der Waals surface area contributed by atoms with Gasteiger partial charge in [0, 0.05) is 10.8 Å². The predicted molar refractivity (Wildman–Crippen MR) is 85.5 cm³/mol. The van der Waals surface area contributed by atoms with E-state index < -0.39 is 46.9 Å². The van der Waals surface area contributed by atoms with E-state index in [0.29, 0.717) is 11.6 Å². The lowest BCUT2D eigenvalue weighted by molar-refractivity contribution is -0.433. The summed E-state index contributed by atoms with van der Waals surface area (Å²) in [6, 6.07) is 8.53. The number of alkyl halides is 9. The van der Waals surface area contributed by atoms with Gasteiger partial charge in [-0.3, -0.25) is 0 Å². The van der Waals surface area contributed by atoms with E-state index in [1.54, 1.807) is 6.07 Å². The molecule has 3 aromatic rings. The van der Waals surface area contributed by atoms with Crippen LogP contribution in [0.25, 0.3) is 21.8 Å². The maximum absolute atomic E-state index is 14.2. The summed E-state index contributed by atoms with van der Waals surface area (Å²) >= 11 is 0. The Hall–Kier alpha value is -3.12. The summed E-state index contributed by atoms with van der Waals surface area (Å²) in [5, 5.41) is -0.277. The molecule has 0 aliphatic heterocycles. The minimum absolute atomic E-state index is 0.192. The quantitative estimate of drug-likeness (QED) is 0.269. The van der Waals surface area contributed by atoms with Crippen LogP contribution >= 0.6 is 0 Å². The van der Waals surface area contributed by atoms with Crippen LogP contribution in [0.4, 0.5) is 43.9 Å². The average molecular weight is 459 g/mol. The van der Waals surface area contributed by atoms with Crippen LogP contribution in [0.3, 0.4) is 0 Å². The zero-order valence-electron chi connectivity index (χ0n) is 14.6. The smallest absolute Gasteiger partial charge is 0.392 e. The minimum Gasteiger partial charge on any atom is -0.392 e. The maximum Gasteiger partial charge on any atom is 0.473 e. The Kier molecular flexibility index (Phi) is 5.06. The van der Waals surface area contributed by atoms with Crippen molar-refractivity contribution in [2.24, 2.45) is 0 Å². The van der Waals surface area contributed by atoms with Gasteiger partial charge in [-0.2, -0.15) is 39.5 Å². The SMILES string of the molecule is O=C(OC(F)(F)C(F)(F)C(F)(F)C(F)(F)F)c1c(F)ccc2nc3ccccc3cc12. The Labute approximate surface area is 165 Å². The summed E-state index contributed by atoms with van der Waals surface area (Å²) in [7, 11) is 0. The molecule has 13 heteroatoms. The van der Waals surface area contributed by atoms with Gasteiger partial charge < -0.3 is 4.74 Å². The fourth-order valence-corrected chi connectivity index (χ4v) is 2.62. The highest BCUT2D eigenvalue weighted by Crippen LogP contribution is 2.53. The number of aromatic nitrogens is 1. The zero-order valence-corrected chi connectivity index (χ0v) is 14.6. The molecule has 0 saturated carbocycles. The molecule has 0 saturated heterocycles. The molecule has 3 nitrogen and oxygen atoms in total. The van der Waals surface area contributed by atoms with E-state index in [9.17, 15) is 48.7 Å². The number of benzene rings is 2. The number of hydrogen-bond donors (Lipinski definition) is 0. The second kappa shape index (κ2) is 6.95. The molecule has 0 spiro atoms. The van der Waals surface area contributed by atoms with Crippen molar-refractivity contribution in [1.82, 2.24) is 4.98 Å². The molecular weight excluding hydrogens is 452 g/mol. The van der Waals surface area contributed by atoms with Gasteiger partial charge in [0.1, 0.15) is 11.4 Å². The third kappa shape index (κ3) is 3.51. The first-order valence-electron chi connectivity index (χ1n) is 8.01. The van der Waals surface area contributed by atoms with Crippen molar-refractivity contribution in [2.75, 3.05) is 0 Å². The fourth-order valence-electron chi connectivity index (χ4n) is 2.62. The molecule has 0 aliphatic rings. The van der Waals surface area contributed by atoms with Gasteiger partial charge in [-0.05, 0) is 24.3 Å². The molecule has 1 heterocycles. The second-order valence-corrected chi connectivity index (χ2v) is 6.22. The molecule has 3 rings (SSSR count). The molecule has 0 aliphatic carbocycles. The van der Waals surface area contributed by atoms with Gasteiger partial charge in [0.05, 0.1) is 11.0 Å². The number of esters is 1. The van der Waals surface area contributed by atoms with Crippen LogP contribution in [-0.4, -0.2) is 35.1 Å². The van der Waals surface area contributed by atoms with Gasteiger partial charge >= 0.3 is 30.1 Å². The Morgan fingerprint density at radius 1 is 0.806 bits per heavy atom. The number of hydrogen-bond acceptors (Lipinski definition) is 3. The van der Waals surface area contributed by atoms with Crippen LogP contribution in [0.1, 0.15) is 10.4 Å².